The predicted molar refractivity (Wildman–Crippen MR) is 103 cm³/mol. The van der Waals surface area contributed by atoms with E-state index in [0.717, 1.165) is 35.4 Å². The van der Waals surface area contributed by atoms with Crippen molar-refractivity contribution in [2.75, 3.05) is 6.54 Å². The largest absolute Gasteiger partial charge is 0.444 e. The van der Waals surface area contributed by atoms with E-state index in [1.165, 1.54) is 6.39 Å². The molecule has 0 aliphatic carbocycles. The van der Waals surface area contributed by atoms with E-state index in [1.54, 1.807) is 18.3 Å². The van der Waals surface area contributed by atoms with E-state index < -0.39 is 0 Å². The first kappa shape index (κ1) is 17.0. The molecule has 6 heteroatoms. The number of hydrogen-bond acceptors (Lipinski definition) is 4. The lowest BCUT2D eigenvalue weighted by Crippen LogP contribution is -2.25. The summed E-state index contributed by atoms with van der Waals surface area (Å²) in [5.74, 6) is 1.60. The molecule has 0 aliphatic rings. The van der Waals surface area contributed by atoms with Crippen LogP contribution in [0.2, 0.25) is 0 Å². The van der Waals surface area contributed by atoms with Gasteiger partial charge < -0.3 is 14.3 Å². The number of carbonyl (C=O) groups excluding carboxylic acids is 1. The van der Waals surface area contributed by atoms with Gasteiger partial charge >= 0.3 is 0 Å². The number of para-hydroxylation sites is 2. The quantitative estimate of drug-likeness (QED) is 0.531. The summed E-state index contributed by atoms with van der Waals surface area (Å²) in [5.41, 5.74) is 3.66. The van der Waals surface area contributed by atoms with Crippen molar-refractivity contribution < 1.29 is 9.21 Å². The molecule has 0 fully saturated rings. The highest BCUT2D eigenvalue weighted by atomic mass is 16.3. The van der Waals surface area contributed by atoms with E-state index in [9.17, 15) is 4.79 Å². The third-order valence-electron chi connectivity index (χ3n) is 4.55. The van der Waals surface area contributed by atoms with E-state index in [0.29, 0.717) is 17.9 Å². The van der Waals surface area contributed by atoms with Gasteiger partial charge in [-0.3, -0.25) is 4.79 Å². The topological polar surface area (TPSA) is 73.0 Å². The Kier molecular flexibility index (Phi) is 4.70. The van der Waals surface area contributed by atoms with Gasteiger partial charge in [0.15, 0.2) is 12.2 Å². The third-order valence-corrected chi connectivity index (χ3v) is 4.55. The van der Waals surface area contributed by atoms with Crippen LogP contribution >= 0.6 is 0 Å². The molecule has 2 heterocycles. The summed E-state index contributed by atoms with van der Waals surface area (Å²) in [5, 5.41) is 2.97. The zero-order valence-electron chi connectivity index (χ0n) is 15.1. The van der Waals surface area contributed by atoms with Crippen LogP contribution in [0.1, 0.15) is 22.6 Å². The van der Waals surface area contributed by atoms with Crippen LogP contribution in [0.3, 0.4) is 0 Å². The van der Waals surface area contributed by atoms with Crippen molar-refractivity contribution in [2.45, 2.75) is 19.9 Å². The molecule has 1 N–H and O–H groups in total. The predicted octanol–water partition coefficient (Wildman–Crippen LogP) is 3.82. The number of imidazole rings is 1. The Morgan fingerprint density at radius 1 is 1.15 bits per heavy atom. The Morgan fingerprint density at radius 3 is 2.74 bits per heavy atom. The van der Waals surface area contributed by atoms with Crippen LogP contribution in [0.5, 0.6) is 0 Å². The molecular weight excluding hydrogens is 340 g/mol. The number of amides is 1. The van der Waals surface area contributed by atoms with Crippen LogP contribution in [0.15, 0.2) is 65.5 Å². The summed E-state index contributed by atoms with van der Waals surface area (Å²) < 4.78 is 7.44. The fourth-order valence-electron chi connectivity index (χ4n) is 3.16. The normalized spacial score (nSPS) is 11.0. The number of aryl methyl sites for hydroxylation is 2. The summed E-state index contributed by atoms with van der Waals surface area (Å²) in [6, 6.07) is 15.4. The summed E-state index contributed by atoms with van der Waals surface area (Å²) in [6.07, 6.45) is 3.88. The molecule has 4 aromatic rings. The monoisotopic (exact) mass is 360 g/mol. The molecule has 0 atom stereocenters. The third kappa shape index (κ3) is 3.60. The van der Waals surface area contributed by atoms with Gasteiger partial charge in [0.1, 0.15) is 5.82 Å². The number of aromatic nitrogens is 3. The van der Waals surface area contributed by atoms with Gasteiger partial charge in [0.05, 0.1) is 17.2 Å². The van der Waals surface area contributed by atoms with Crippen molar-refractivity contribution in [1.29, 1.82) is 0 Å². The van der Waals surface area contributed by atoms with Crippen LogP contribution in [-0.4, -0.2) is 27.0 Å². The Balaban J connectivity index is 1.32. The first-order valence-electron chi connectivity index (χ1n) is 8.91. The number of nitrogens with zero attached hydrogens (tertiary/aromatic N) is 3. The number of benzene rings is 2. The maximum atomic E-state index is 12.3. The smallest absolute Gasteiger partial charge is 0.251 e. The molecule has 0 saturated heterocycles. The molecule has 27 heavy (non-hydrogen) atoms. The minimum atomic E-state index is -0.0775. The van der Waals surface area contributed by atoms with Crippen LogP contribution < -0.4 is 5.32 Å². The van der Waals surface area contributed by atoms with Crippen LogP contribution in [0, 0.1) is 6.92 Å². The lowest BCUT2D eigenvalue weighted by Gasteiger charge is -2.08. The average Bonchev–Trinajstić information content (AvgIpc) is 3.33. The number of nitrogens with one attached hydrogen (secondary N) is 1. The number of hydrogen-bond donors (Lipinski definition) is 1. The summed E-state index contributed by atoms with van der Waals surface area (Å²) in [4.78, 5) is 20.8. The molecule has 0 bridgehead atoms. The Bertz CT molecular complexity index is 1050. The van der Waals surface area contributed by atoms with Gasteiger partial charge in [-0.1, -0.05) is 24.3 Å². The van der Waals surface area contributed by atoms with Gasteiger partial charge in [-0.05, 0) is 37.6 Å². The van der Waals surface area contributed by atoms with Gasteiger partial charge in [0, 0.05) is 24.2 Å². The Hall–Kier alpha value is -3.41. The SMILES string of the molecule is Cc1nc2ccccc2n1CCCNC(=O)c1ccc(-c2cnco2)cc1. The summed E-state index contributed by atoms with van der Waals surface area (Å²) in [7, 11) is 0. The average molecular weight is 360 g/mol. The van der Waals surface area contributed by atoms with Gasteiger partial charge in [-0.15, -0.1) is 0 Å². The van der Waals surface area contributed by atoms with E-state index in [2.05, 4.69) is 25.9 Å². The molecule has 2 aromatic carbocycles. The van der Waals surface area contributed by atoms with Crippen molar-refractivity contribution in [3.8, 4) is 11.3 Å². The second kappa shape index (κ2) is 7.45. The molecule has 6 nitrogen and oxygen atoms in total. The minimum Gasteiger partial charge on any atom is -0.444 e. The van der Waals surface area contributed by atoms with E-state index >= 15 is 0 Å². The lowest BCUT2D eigenvalue weighted by atomic mass is 10.1. The molecule has 2 aromatic heterocycles. The zero-order valence-corrected chi connectivity index (χ0v) is 15.1. The first-order valence-corrected chi connectivity index (χ1v) is 8.91. The molecule has 0 spiro atoms. The molecule has 0 unspecified atom stereocenters. The number of rotatable bonds is 6. The fourth-order valence-corrected chi connectivity index (χ4v) is 3.16. The number of fused-ring (bicyclic) bond motifs is 1. The van der Waals surface area contributed by atoms with Crippen molar-refractivity contribution >= 4 is 16.9 Å². The minimum absolute atomic E-state index is 0.0775. The van der Waals surface area contributed by atoms with Gasteiger partial charge in [0.25, 0.3) is 5.91 Å². The number of oxazole rings is 1. The molecule has 4 rings (SSSR count). The maximum Gasteiger partial charge on any atom is 0.251 e. The van der Waals surface area contributed by atoms with E-state index in [-0.39, 0.29) is 5.91 Å². The highest BCUT2D eigenvalue weighted by Gasteiger charge is 2.08. The number of carbonyl (C=O) groups is 1. The van der Waals surface area contributed by atoms with Crippen molar-refractivity contribution in [2.24, 2.45) is 0 Å². The lowest BCUT2D eigenvalue weighted by molar-refractivity contribution is 0.0953. The van der Waals surface area contributed by atoms with Gasteiger partial charge in [-0.2, -0.15) is 0 Å². The zero-order chi connectivity index (χ0) is 18.6. The van der Waals surface area contributed by atoms with Crippen molar-refractivity contribution in [3.05, 3.63) is 72.5 Å². The molecule has 0 radical (unpaired) electrons. The highest BCUT2D eigenvalue weighted by molar-refractivity contribution is 5.94. The standard InChI is InChI=1S/C21H20N4O2/c1-15-24-18-5-2-3-6-19(18)25(15)12-4-11-23-21(26)17-9-7-16(8-10-17)20-13-22-14-27-20/h2-3,5-10,13-14H,4,11-12H2,1H3,(H,23,26). The highest BCUT2D eigenvalue weighted by Crippen LogP contribution is 2.19. The molecular formula is C21H20N4O2. The molecule has 0 saturated carbocycles. The van der Waals surface area contributed by atoms with Crippen molar-refractivity contribution in [3.63, 3.8) is 0 Å². The summed E-state index contributed by atoms with van der Waals surface area (Å²) >= 11 is 0. The second-order valence-corrected chi connectivity index (χ2v) is 6.35. The van der Waals surface area contributed by atoms with Crippen molar-refractivity contribution in [1.82, 2.24) is 19.9 Å². The van der Waals surface area contributed by atoms with Crippen LogP contribution in [0.25, 0.3) is 22.4 Å². The van der Waals surface area contributed by atoms with Gasteiger partial charge in [-0.25, -0.2) is 9.97 Å². The molecule has 1 amide bonds. The summed E-state index contributed by atoms with van der Waals surface area (Å²) in [6.45, 7) is 3.43. The van der Waals surface area contributed by atoms with Crippen LogP contribution in [0.4, 0.5) is 0 Å². The molecule has 0 aliphatic heterocycles. The fraction of sp³-hybridized carbons (Fsp3) is 0.190. The Morgan fingerprint density at radius 2 is 1.96 bits per heavy atom. The van der Waals surface area contributed by atoms with Crippen LogP contribution in [-0.2, 0) is 6.54 Å². The first-order chi connectivity index (χ1) is 13.2. The second-order valence-electron chi connectivity index (χ2n) is 6.35. The van der Waals surface area contributed by atoms with E-state index in [1.807, 2.05) is 37.3 Å². The maximum absolute atomic E-state index is 12.3. The van der Waals surface area contributed by atoms with Gasteiger partial charge in [0.2, 0.25) is 0 Å². The molecule has 136 valence electrons. The Labute approximate surface area is 156 Å². The van der Waals surface area contributed by atoms with E-state index in [4.69, 9.17) is 4.42 Å².